The summed E-state index contributed by atoms with van der Waals surface area (Å²) in [7, 11) is -4.01. The number of anilines is 1. The van der Waals surface area contributed by atoms with Crippen molar-refractivity contribution in [2.45, 2.75) is 17.9 Å². The molecule has 0 aliphatic heterocycles. The van der Waals surface area contributed by atoms with Crippen molar-refractivity contribution in [2.24, 2.45) is 0 Å². The average Bonchev–Trinajstić information content (AvgIpc) is 2.27. The summed E-state index contributed by atoms with van der Waals surface area (Å²) in [4.78, 5) is 10.6. The number of aromatic carboxylic acids is 1. The molecule has 5 N–H and O–H groups in total. The first kappa shape index (κ1) is 14.4. The number of hydrogen-bond acceptors (Lipinski definition) is 5. The van der Waals surface area contributed by atoms with Gasteiger partial charge in [-0.1, -0.05) is 0 Å². The number of aliphatic hydroxyl groups excluding tert-OH is 1. The fourth-order valence-corrected chi connectivity index (χ4v) is 2.73. The number of nitrogens with one attached hydrogen (secondary N) is 1. The number of carboxylic acid groups (broad SMARTS) is 1. The van der Waals surface area contributed by atoms with E-state index >= 15 is 0 Å². The molecule has 1 aromatic carbocycles. The third-order valence-electron chi connectivity index (χ3n) is 2.15. The minimum atomic E-state index is -4.01. The zero-order valence-electron chi connectivity index (χ0n) is 9.62. The van der Waals surface area contributed by atoms with E-state index in [0.29, 0.717) is 0 Å². The molecule has 0 aliphatic rings. The molecule has 1 aromatic rings. The van der Waals surface area contributed by atoms with Gasteiger partial charge in [0, 0.05) is 11.7 Å². The van der Waals surface area contributed by atoms with Crippen LogP contribution in [0.3, 0.4) is 0 Å². The van der Waals surface area contributed by atoms with Crippen LogP contribution in [0.15, 0.2) is 23.1 Å². The van der Waals surface area contributed by atoms with Gasteiger partial charge in [0.05, 0.1) is 17.1 Å². The molecule has 0 radical (unpaired) electrons. The number of sulfonamides is 1. The van der Waals surface area contributed by atoms with E-state index in [0.717, 1.165) is 12.1 Å². The molecule has 100 valence electrons. The van der Waals surface area contributed by atoms with Gasteiger partial charge in [-0.15, -0.1) is 0 Å². The van der Waals surface area contributed by atoms with Crippen molar-refractivity contribution in [3.05, 3.63) is 23.8 Å². The molecule has 7 nitrogen and oxygen atoms in total. The van der Waals surface area contributed by atoms with Crippen LogP contribution in [0.5, 0.6) is 0 Å². The van der Waals surface area contributed by atoms with Crippen LogP contribution in [0.2, 0.25) is 0 Å². The summed E-state index contributed by atoms with van der Waals surface area (Å²) >= 11 is 0. The normalized spacial score (nSPS) is 13.2. The third-order valence-corrected chi connectivity index (χ3v) is 3.80. The van der Waals surface area contributed by atoms with Crippen molar-refractivity contribution < 1.29 is 23.4 Å². The van der Waals surface area contributed by atoms with Crippen molar-refractivity contribution in [1.29, 1.82) is 0 Å². The van der Waals surface area contributed by atoms with Gasteiger partial charge in [0.15, 0.2) is 0 Å². The molecule has 8 heteroatoms. The second kappa shape index (κ2) is 5.34. The highest BCUT2D eigenvalue weighted by Crippen LogP contribution is 2.19. The van der Waals surface area contributed by atoms with E-state index < -0.39 is 34.2 Å². The monoisotopic (exact) mass is 274 g/mol. The van der Waals surface area contributed by atoms with Crippen LogP contribution in [-0.4, -0.2) is 37.2 Å². The lowest BCUT2D eigenvalue weighted by molar-refractivity contribution is 0.0692. The maximum Gasteiger partial charge on any atom is 0.337 e. The van der Waals surface area contributed by atoms with Crippen LogP contribution in [0, 0.1) is 0 Å². The molecule has 1 rings (SSSR count). The minimum absolute atomic E-state index is 0.154. The van der Waals surface area contributed by atoms with E-state index in [9.17, 15) is 13.2 Å². The van der Waals surface area contributed by atoms with Gasteiger partial charge in [-0.25, -0.2) is 17.9 Å². The topological polar surface area (TPSA) is 130 Å². The van der Waals surface area contributed by atoms with Crippen molar-refractivity contribution in [2.75, 3.05) is 12.3 Å². The minimum Gasteiger partial charge on any atom is -0.478 e. The van der Waals surface area contributed by atoms with Gasteiger partial charge in [-0.3, -0.25) is 0 Å². The molecule has 0 saturated heterocycles. The van der Waals surface area contributed by atoms with Crippen LogP contribution < -0.4 is 10.5 Å². The molecule has 0 amide bonds. The summed E-state index contributed by atoms with van der Waals surface area (Å²) in [6.45, 7) is 1.06. The summed E-state index contributed by atoms with van der Waals surface area (Å²) in [5, 5.41) is 17.8. The number of aliphatic hydroxyl groups is 1. The first-order chi connectivity index (χ1) is 8.27. The van der Waals surface area contributed by atoms with Crippen molar-refractivity contribution >= 4 is 21.7 Å². The zero-order valence-corrected chi connectivity index (χ0v) is 10.4. The molecule has 0 aromatic heterocycles. The summed E-state index contributed by atoms with van der Waals surface area (Å²) in [5.41, 5.74) is 5.16. The number of nitrogens with two attached hydrogens (primary N) is 1. The lowest BCUT2D eigenvalue weighted by Gasteiger charge is -2.13. The predicted molar refractivity (Wildman–Crippen MR) is 64.7 cm³/mol. The van der Waals surface area contributed by atoms with E-state index in [1.54, 1.807) is 0 Å². The highest BCUT2D eigenvalue weighted by atomic mass is 32.2. The second-order valence-corrected chi connectivity index (χ2v) is 5.45. The summed E-state index contributed by atoms with van der Waals surface area (Å²) in [6.07, 6.45) is 0. The summed E-state index contributed by atoms with van der Waals surface area (Å²) < 4.78 is 26.0. The van der Waals surface area contributed by atoms with Crippen molar-refractivity contribution in [3.63, 3.8) is 0 Å². The quantitative estimate of drug-likeness (QED) is 0.542. The molecule has 0 aliphatic carbocycles. The van der Waals surface area contributed by atoms with Crippen LogP contribution in [0.1, 0.15) is 17.3 Å². The number of nitrogen functional groups attached to an aromatic ring is 1. The Kier molecular flexibility index (Phi) is 4.28. The second-order valence-electron chi connectivity index (χ2n) is 3.77. The number of rotatable bonds is 5. The Labute approximate surface area is 104 Å². The Hall–Kier alpha value is -1.64. The number of carboxylic acids is 1. The maximum atomic E-state index is 11.9. The number of carbonyl (C=O) groups is 1. The molecule has 0 heterocycles. The molecular formula is C10H14N2O5S. The van der Waals surface area contributed by atoms with Gasteiger partial charge >= 0.3 is 5.97 Å². The van der Waals surface area contributed by atoms with E-state index in [1.165, 1.54) is 13.0 Å². The van der Waals surface area contributed by atoms with E-state index in [2.05, 4.69) is 4.72 Å². The van der Waals surface area contributed by atoms with Gasteiger partial charge in [-0.05, 0) is 25.1 Å². The Balaban J connectivity index is 3.28. The Morgan fingerprint density at radius 2 is 2.11 bits per heavy atom. The fraction of sp³-hybridized carbons (Fsp3) is 0.300. The van der Waals surface area contributed by atoms with Gasteiger partial charge in [0.25, 0.3) is 0 Å². The first-order valence-corrected chi connectivity index (χ1v) is 6.52. The lowest BCUT2D eigenvalue weighted by atomic mass is 10.2. The predicted octanol–water partition coefficient (Wildman–Crippen LogP) is -0.374. The number of hydrogen-bond donors (Lipinski definition) is 4. The Bertz CT molecular complexity index is 555. The van der Waals surface area contributed by atoms with Crippen LogP contribution >= 0.6 is 0 Å². The van der Waals surface area contributed by atoms with Gasteiger partial charge in [0.2, 0.25) is 10.0 Å². The molecule has 0 saturated carbocycles. The van der Waals surface area contributed by atoms with E-state index in [1.807, 2.05) is 0 Å². The largest absolute Gasteiger partial charge is 0.478 e. The fourth-order valence-electron chi connectivity index (χ4n) is 1.31. The lowest BCUT2D eigenvalue weighted by Crippen LogP contribution is -2.35. The highest BCUT2D eigenvalue weighted by Gasteiger charge is 2.23. The molecule has 0 fully saturated rings. The molecular weight excluding hydrogens is 260 g/mol. The van der Waals surface area contributed by atoms with E-state index in [-0.39, 0.29) is 10.6 Å². The van der Waals surface area contributed by atoms with Crippen LogP contribution in [0.25, 0.3) is 0 Å². The van der Waals surface area contributed by atoms with Gasteiger partial charge in [-0.2, -0.15) is 0 Å². The number of benzene rings is 1. The Morgan fingerprint density at radius 3 is 2.61 bits per heavy atom. The smallest absolute Gasteiger partial charge is 0.337 e. The molecule has 0 bridgehead atoms. The standard InChI is InChI=1S/C10H14N2O5S/c1-6(5-13)12-18(16,17)9-3-2-7(11)4-8(9)10(14)15/h2-4,6,12-13H,5,11H2,1H3,(H,14,15). The molecule has 1 atom stereocenters. The summed E-state index contributed by atoms with van der Waals surface area (Å²) in [6, 6.07) is 2.77. The molecule has 1 unspecified atom stereocenters. The van der Waals surface area contributed by atoms with Crippen molar-refractivity contribution in [3.8, 4) is 0 Å². The van der Waals surface area contributed by atoms with Crippen LogP contribution in [0.4, 0.5) is 5.69 Å². The van der Waals surface area contributed by atoms with Gasteiger partial charge < -0.3 is 15.9 Å². The highest BCUT2D eigenvalue weighted by molar-refractivity contribution is 7.89. The summed E-state index contributed by atoms with van der Waals surface area (Å²) in [5.74, 6) is -1.39. The van der Waals surface area contributed by atoms with E-state index in [4.69, 9.17) is 15.9 Å². The molecule has 0 spiro atoms. The average molecular weight is 274 g/mol. The SMILES string of the molecule is CC(CO)NS(=O)(=O)c1ccc(N)cc1C(=O)O. The zero-order chi connectivity index (χ0) is 13.9. The van der Waals surface area contributed by atoms with Crippen LogP contribution in [-0.2, 0) is 10.0 Å². The third kappa shape index (κ3) is 3.19. The first-order valence-electron chi connectivity index (χ1n) is 5.04. The Morgan fingerprint density at radius 1 is 1.50 bits per heavy atom. The van der Waals surface area contributed by atoms with Crippen molar-refractivity contribution in [1.82, 2.24) is 4.72 Å². The van der Waals surface area contributed by atoms with Gasteiger partial charge in [0.1, 0.15) is 0 Å². The molecule has 18 heavy (non-hydrogen) atoms. The maximum absolute atomic E-state index is 11.9.